The summed E-state index contributed by atoms with van der Waals surface area (Å²) < 4.78 is 0. The smallest absolute Gasteiger partial charge is 0.260 e. The number of carbonyl (C=O) groups excluding carboxylic acids is 1. The minimum absolute atomic E-state index is 0.347. The zero-order chi connectivity index (χ0) is 10.8. The average Bonchev–Trinajstić information content (AvgIpc) is 2.58. The fourth-order valence-corrected chi connectivity index (χ4v) is 3.12. The van der Waals surface area contributed by atoms with Crippen LogP contribution in [0.4, 0.5) is 0 Å². The topological polar surface area (TPSA) is 32.7 Å². The van der Waals surface area contributed by atoms with E-state index in [-0.39, 0.29) is 5.24 Å². The number of thioether (sulfide) groups is 1. The fourth-order valence-electron chi connectivity index (χ4n) is 1.83. The molecule has 0 radical (unpaired) electrons. The molecule has 0 unspecified atom stereocenters. The van der Waals surface area contributed by atoms with Crippen LogP contribution in [0.2, 0.25) is 0 Å². The Morgan fingerprint density at radius 1 is 1.67 bits per heavy atom. The minimum atomic E-state index is -0.347. The SMILES string of the molecule is CCCC1=C(C(=O)Cl)SC2=NCCCN21. The molecule has 2 heterocycles. The summed E-state index contributed by atoms with van der Waals surface area (Å²) in [6, 6.07) is 0. The summed E-state index contributed by atoms with van der Waals surface area (Å²) >= 11 is 7.01. The number of fused-ring (bicyclic) bond motifs is 1. The van der Waals surface area contributed by atoms with Crippen LogP contribution in [-0.2, 0) is 4.79 Å². The van der Waals surface area contributed by atoms with Gasteiger partial charge in [0, 0.05) is 18.8 Å². The van der Waals surface area contributed by atoms with Gasteiger partial charge < -0.3 is 4.90 Å². The highest BCUT2D eigenvalue weighted by Crippen LogP contribution is 2.39. The van der Waals surface area contributed by atoms with Gasteiger partial charge in [-0.15, -0.1) is 0 Å². The van der Waals surface area contributed by atoms with Crippen LogP contribution in [0.15, 0.2) is 15.6 Å². The molecule has 0 aromatic carbocycles. The number of hydrogen-bond acceptors (Lipinski definition) is 4. The van der Waals surface area contributed by atoms with E-state index in [4.69, 9.17) is 11.6 Å². The van der Waals surface area contributed by atoms with Gasteiger partial charge in [0.05, 0.1) is 4.91 Å². The molecule has 0 saturated carbocycles. The summed E-state index contributed by atoms with van der Waals surface area (Å²) in [7, 11) is 0. The van der Waals surface area contributed by atoms with Crippen molar-refractivity contribution in [2.24, 2.45) is 4.99 Å². The number of carbonyl (C=O) groups is 1. The van der Waals surface area contributed by atoms with E-state index in [1.165, 1.54) is 11.8 Å². The first-order valence-corrected chi connectivity index (χ1v) is 6.36. The average molecular weight is 245 g/mol. The molecule has 2 aliphatic heterocycles. The molecule has 0 aromatic rings. The molecule has 15 heavy (non-hydrogen) atoms. The Bertz CT molecular complexity index is 351. The molecule has 0 amide bonds. The van der Waals surface area contributed by atoms with E-state index in [0.717, 1.165) is 43.2 Å². The predicted octanol–water partition coefficient (Wildman–Crippen LogP) is 2.57. The van der Waals surface area contributed by atoms with Crippen molar-refractivity contribution >= 4 is 33.8 Å². The second-order valence-corrected chi connectivity index (χ2v) is 4.89. The summed E-state index contributed by atoms with van der Waals surface area (Å²) in [5, 5.41) is 0.606. The Morgan fingerprint density at radius 3 is 3.13 bits per heavy atom. The molecule has 5 heteroatoms. The summed E-state index contributed by atoms with van der Waals surface area (Å²) in [5.41, 5.74) is 1.07. The number of aliphatic imine (C=N–C) groups is 1. The number of nitrogens with zero attached hydrogens (tertiary/aromatic N) is 2. The largest absolute Gasteiger partial charge is 0.323 e. The molecule has 0 aromatic heterocycles. The van der Waals surface area contributed by atoms with Gasteiger partial charge in [0.25, 0.3) is 5.24 Å². The van der Waals surface area contributed by atoms with E-state index in [2.05, 4.69) is 16.8 Å². The van der Waals surface area contributed by atoms with Crippen LogP contribution in [0.5, 0.6) is 0 Å². The monoisotopic (exact) mass is 244 g/mol. The van der Waals surface area contributed by atoms with Crippen LogP contribution in [0.1, 0.15) is 26.2 Å². The summed E-state index contributed by atoms with van der Waals surface area (Å²) in [6.07, 6.45) is 2.98. The molecule has 2 aliphatic rings. The first-order chi connectivity index (χ1) is 7.24. The molecular weight excluding hydrogens is 232 g/mol. The van der Waals surface area contributed by atoms with E-state index < -0.39 is 0 Å². The summed E-state index contributed by atoms with van der Waals surface area (Å²) in [6.45, 7) is 3.93. The number of amidine groups is 1. The highest BCUT2D eigenvalue weighted by Gasteiger charge is 2.32. The zero-order valence-corrected chi connectivity index (χ0v) is 10.2. The molecule has 0 aliphatic carbocycles. The molecule has 0 atom stereocenters. The van der Waals surface area contributed by atoms with Crippen LogP contribution in [0.25, 0.3) is 0 Å². The van der Waals surface area contributed by atoms with Gasteiger partial charge in [-0.2, -0.15) is 0 Å². The molecular formula is C10H13ClN2OS. The number of allylic oxidation sites excluding steroid dienone is 2. The van der Waals surface area contributed by atoms with Crippen LogP contribution < -0.4 is 0 Å². The summed E-state index contributed by atoms with van der Waals surface area (Å²) in [4.78, 5) is 18.5. The maximum atomic E-state index is 11.3. The number of hydrogen-bond donors (Lipinski definition) is 0. The molecule has 0 bridgehead atoms. The van der Waals surface area contributed by atoms with Crippen molar-refractivity contribution in [2.45, 2.75) is 26.2 Å². The van der Waals surface area contributed by atoms with E-state index in [0.29, 0.717) is 4.91 Å². The minimum Gasteiger partial charge on any atom is -0.323 e. The zero-order valence-electron chi connectivity index (χ0n) is 8.62. The molecule has 0 spiro atoms. The molecule has 0 saturated heterocycles. The van der Waals surface area contributed by atoms with Crippen molar-refractivity contribution in [2.75, 3.05) is 13.1 Å². The first kappa shape index (κ1) is 11.0. The third kappa shape index (κ3) is 2.06. The second kappa shape index (κ2) is 4.58. The number of rotatable bonds is 3. The van der Waals surface area contributed by atoms with Crippen LogP contribution in [0.3, 0.4) is 0 Å². The van der Waals surface area contributed by atoms with Crippen molar-refractivity contribution < 1.29 is 4.79 Å². The normalized spacial score (nSPS) is 20.4. The Hall–Kier alpha value is -0.480. The van der Waals surface area contributed by atoms with E-state index in [1.807, 2.05) is 0 Å². The lowest BCUT2D eigenvalue weighted by Crippen LogP contribution is -2.29. The molecule has 0 N–H and O–H groups in total. The Labute approximate surface area is 98.6 Å². The van der Waals surface area contributed by atoms with Gasteiger partial charge in [-0.3, -0.25) is 9.79 Å². The van der Waals surface area contributed by atoms with Crippen LogP contribution >= 0.6 is 23.4 Å². The van der Waals surface area contributed by atoms with Gasteiger partial charge in [-0.25, -0.2) is 0 Å². The van der Waals surface area contributed by atoms with Gasteiger partial charge in [-0.1, -0.05) is 13.3 Å². The fraction of sp³-hybridized carbons (Fsp3) is 0.600. The van der Waals surface area contributed by atoms with Crippen molar-refractivity contribution in [3.05, 3.63) is 10.6 Å². The van der Waals surface area contributed by atoms with Crippen LogP contribution in [-0.4, -0.2) is 28.4 Å². The Kier molecular flexibility index (Phi) is 3.36. The summed E-state index contributed by atoms with van der Waals surface area (Å²) in [5.74, 6) is 0. The van der Waals surface area contributed by atoms with E-state index >= 15 is 0 Å². The van der Waals surface area contributed by atoms with Gasteiger partial charge in [0.15, 0.2) is 5.17 Å². The maximum absolute atomic E-state index is 11.3. The lowest BCUT2D eigenvalue weighted by Gasteiger charge is -2.24. The van der Waals surface area contributed by atoms with Gasteiger partial charge in [0.2, 0.25) is 0 Å². The lowest BCUT2D eigenvalue weighted by molar-refractivity contribution is -0.108. The standard InChI is InChI=1S/C10H13ClN2OS/c1-2-4-7-8(9(11)14)15-10-12-5-3-6-13(7)10/h2-6H2,1H3. The first-order valence-electron chi connectivity index (χ1n) is 5.17. The van der Waals surface area contributed by atoms with E-state index in [1.54, 1.807) is 0 Å². The Balaban J connectivity index is 2.31. The van der Waals surface area contributed by atoms with Gasteiger partial charge >= 0.3 is 0 Å². The molecule has 2 rings (SSSR count). The Morgan fingerprint density at radius 2 is 2.47 bits per heavy atom. The molecule has 3 nitrogen and oxygen atoms in total. The van der Waals surface area contributed by atoms with Crippen molar-refractivity contribution in [3.8, 4) is 0 Å². The third-order valence-electron chi connectivity index (χ3n) is 2.46. The predicted molar refractivity (Wildman–Crippen MR) is 64.0 cm³/mol. The highest BCUT2D eigenvalue weighted by atomic mass is 35.5. The second-order valence-electron chi connectivity index (χ2n) is 3.57. The van der Waals surface area contributed by atoms with Crippen LogP contribution in [0, 0.1) is 0 Å². The lowest BCUT2D eigenvalue weighted by atomic mass is 10.2. The quantitative estimate of drug-likeness (QED) is 0.716. The van der Waals surface area contributed by atoms with Gasteiger partial charge in [-0.05, 0) is 36.2 Å². The maximum Gasteiger partial charge on any atom is 0.260 e. The highest BCUT2D eigenvalue weighted by molar-refractivity contribution is 8.18. The van der Waals surface area contributed by atoms with Crippen molar-refractivity contribution in [3.63, 3.8) is 0 Å². The third-order valence-corrected chi connectivity index (χ3v) is 3.92. The number of halogens is 1. The molecule has 0 fully saturated rings. The van der Waals surface area contributed by atoms with Crippen molar-refractivity contribution in [1.29, 1.82) is 0 Å². The van der Waals surface area contributed by atoms with E-state index in [9.17, 15) is 4.79 Å². The molecule has 82 valence electrons. The van der Waals surface area contributed by atoms with Crippen molar-refractivity contribution in [1.82, 2.24) is 4.90 Å². The van der Waals surface area contributed by atoms with Gasteiger partial charge in [0.1, 0.15) is 0 Å².